The number of carbonyl (C=O) groups is 1. The molecule has 4 nitrogen and oxygen atoms in total. The van der Waals surface area contributed by atoms with Crippen LogP contribution in [0, 0.1) is 17.7 Å². The van der Waals surface area contributed by atoms with E-state index in [9.17, 15) is 9.18 Å². The number of hydrogen-bond acceptors (Lipinski definition) is 3. The minimum absolute atomic E-state index is 0.0800. The van der Waals surface area contributed by atoms with Crippen molar-refractivity contribution in [3.63, 3.8) is 0 Å². The van der Waals surface area contributed by atoms with E-state index >= 15 is 0 Å². The topological polar surface area (TPSA) is 52.6 Å². The summed E-state index contributed by atoms with van der Waals surface area (Å²) in [4.78, 5) is 13.3. The minimum Gasteiger partial charge on any atom is -0.384 e. The lowest BCUT2D eigenvalue weighted by atomic mass is 10.1. The summed E-state index contributed by atoms with van der Waals surface area (Å²) in [6.45, 7) is 3.09. The summed E-state index contributed by atoms with van der Waals surface area (Å²) in [7, 11) is 1.58. The molecule has 0 bridgehead atoms. The van der Waals surface area contributed by atoms with Crippen LogP contribution in [0.25, 0.3) is 0 Å². The molecule has 20 heavy (non-hydrogen) atoms. The van der Waals surface area contributed by atoms with Gasteiger partial charge >= 0.3 is 0 Å². The number of likely N-dealkylation sites (N-methyl/N-ethyl adjacent to an activating group) is 2. The number of amides is 1. The van der Waals surface area contributed by atoms with Crippen LogP contribution in [0.3, 0.4) is 0 Å². The van der Waals surface area contributed by atoms with Gasteiger partial charge in [0, 0.05) is 19.2 Å². The lowest BCUT2D eigenvalue weighted by Crippen LogP contribution is -2.35. The number of benzene rings is 1. The van der Waals surface area contributed by atoms with E-state index in [1.165, 1.54) is 12.1 Å². The molecule has 0 unspecified atom stereocenters. The maximum absolute atomic E-state index is 13.5. The highest BCUT2D eigenvalue weighted by Crippen LogP contribution is 2.11. The molecule has 0 aliphatic rings. The average Bonchev–Trinajstić information content (AvgIpc) is 2.43. The quantitative estimate of drug-likeness (QED) is 0.781. The van der Waals surface area contributed by atoms with E-state index < -0.39 is 0 Å². The molecule has 108 valence electrons. The van der Waals surface area contributed by atoms with Gasteiger partial charge < -0.3 is 10.4 Å². The molecular formula is C15H19FN2O2. The monoisotopic (exact) mass is 278 g/mol. The van der Waals surface area contributed by atoms with Gasteiger partial charge in [0.15, 0.2) is 0 Å². The van der Waals surface area contributed by atoms with Crippen LogP contribution in [-0.4, -0.2) is 42.7 Å². The normalized spacial score (nSPS) is 10.1. The van der Waals surface area contributed by atoms with Crippen molar-refractivity contribution >= 4 is 5.91 Å². The second-order valence-electron chi connectivity index (χ2n) is 4.28. The summed E-state index contributed by atoms with van der Waals surface area (Å²) in [6.07, 6.45) is 0. The van der Waals surface area contributed by atoms with E-state index in [4.69, 9.17) is 5.11 Å². The van der Waals surface area contributed by atoms with E-state index in [-0.39, 0.29) is 24.9 Å². The highest BCUT2D eigenvalue weighted by molar-refractivity contribution is 5.77. The zero-order valence-electron chi connectivity index (χ0n) is 11.7. The molecule has 0 atom stereocenters. The van der Waals surface area contributed by atoms with Gasteiger partial charge in [-0.1, -0.05) is 18.8 Å². The van der Waals surface area contributed by atoms with Crippen LogP contribution in [0.15, 0.2) is 18.2 Å². The molecular weight excluding hydrogens is 259 g/mol. The zero-order valence-corrected chi connectivity index (χ0v) is 11.7. The lowest BCUT2D eigenvalue weighted by Gasteiger charge is -2.19. The molecule has 1 aromatic rings. The first-order chi connectivity index (χ1) is 9.58. The van der Waals surface area contributed by atoms with Crippen molar-refractivity contribution in [1.29, 1.82) is 0 Å². The van der Waals surface area contributed by atoms with Gasteiger partial charge in [-0.05, 0) is 30.3 Å². The Morgan fingerprint density at radius 2 is 2.20 bits per heavy atom. The summed E-state index contributed by atoms with van der Waals surface area (Å²) >= 11 is 0. The van der Waals surface area contributed by atoms with Gasteiger partial charge in [0.2, 0.25) is 5.91 Å². The number of hydrogen-bond donors (Lipinski definition) is 2. The Morgan fingerprint density at radius 1 is 1.45 bits per heavy atom. The number of nitrogens with zero attached hydrogens (tertiary/aromatic N) is 1. The standard InChI is InChI=1S/C15H19FN2O2/c1-3-18(11-15(20)17-2)10-13-7-12(5-4-6-19)8-14(16)9-13/h7-9,19H,3,6,10-11H2,1-2H3,(H,17,20). The van der Waals surface area contributed by atoms with Crippen molar-refractivity contribution in [2.75, 3.05) is 26.7 Å². The fraction of sp³-hybridized carbons (Fsp3) is 0.400. The first-order valence-electron chi connectivity index (χ1n) is 6.41. The van der Waals surface area contributed by atoms with Crippen molar-refractivity contribution < 1.29 is 14.3 Å². The third kappa shape index (κ3) is 5.39. The Labute approximate surface area is 118 Å². The van der Waals surface area contributed by atoms with Gasteiger partial charge in [0.25, 0.3) is 0 Å². The van der Waals surface area contributed by atoms with Gasteiger partial charge in [0.05, 0.1) is 6.54 Å². The van der Waals surface area contributed by atoms with Crippen LogP contribution in [-0.2, 0) is 11.3 Å². The molecule has 0 spiro atoms. The highest BCUT2D eigenvalue weighted by atomic mass is 19.1. The molecule has 0 radical (unpaired) electrons. The first-order valence-corrected chi connectivity index (χ1v) is 6.41. The molecule has 2 N–H and O–H groups in total. The number of rotatable bonds is 5. The van der Waals surface area contributed by atoms with E-state index in [1.54, 1.807) is 13.1 Å². The van der Waals surface area contributed by atoms with Crippen molar-refractivity contribution in [2.24, 2.45) is 0 Å². The molecule has 1 aromatic carbocycles. The maximum Gasteiger partial charge on any atom is 0.233 e. The van der Waals surface area contributed by atoms with E-state index in [0.717, 1.165) is 5.56 Å². The summed E-state index contributed by atoms with van der Waals surface area (Å²) in [6, 6.07) is 4.51. The Balaban J connectivity index is 2.84. The van der Waals surface area contributed by atoms with Gasteiger partial charge in [-0.15, -0.1) is 0 Å². The summed E-state index contributed by atoms with van der Waals surface area (Å²) in [5.41, 5.74) is 1.27. The molecule has 5 heteroatoms. The Bertz CT molecular complexity index is 520. The predicted molar refractivity (Wildman–Crippen MR) is 75.4 cm³/mol. The summed E-state index contributed by atoms with van der Waals surface area (Å²) < 4.78 is 13.5. The van der Waals surface area contributed by atoms with Crippen LogP contribution in [0.5, 0.6) is 0 Å². The molecule has 1 rings (SSSR count). The smallest absolute Gasteiger partial charge is 0.233 e. The maximum atomic E-state index is 13.5. The van der Waals surface area contributed by atoms with Crippen LogP contribution in [0.1, 0.15) is 18.1 Å². The largest absolute Gasteiger partial charge is 0.384 e. The molecule has 0 aliphatic heterocycles. The first kappa shape index (κ1) is 16.2. The van der Waals surface area contributed by atoms with Crippen LogP contribution >= 0.6 is 0 Å². The fourth-order valence-corrected chi connectivity index (χ4v) is 1.78. The highest BCUT2D eigenvalue weighted by Gasteiger charge is 2.09. The zero-order chi connectivity index (χ0) is 15.0. The van der Waals surface area contributed by atoms with Gasteiger partial charge in [0.1, 0.15) is 12.4 Å². The average molecular weight is 278 g/mol. The van der Waals surface area contributed by atoms with Gasteiger partial charge in [-0.25, -0.2) is 4.39 Å². The van der Waals surface area contributed by atoms with Crippen LogP contribution in [0.2, 0.25) is 0 Å². The van der Waals surface area contributed by atoms with E-state index in [2.05, 4.69) is 17.2 Å². The second kappa shape index (κ2) is 8.31. The predicted octanol–water partition coefficient (Wildman–Crippen LogP) is 0.737. The minimum atomic E-state index is -0.374. The van der Waals surface area contributed by atoms with Crippen molar-refractivity contribution in [1.82, 2.24) is 10.2 Å². The van der Waals surface area contributed by atoms with Gasteiger partial charge in [-0.3, -0.25) is 9.69 Å². The number of carbonyl (C=O) groups excluding carboxylic acids is 1. The summed E-state index contributed by atoms with van der Waals surface area (Å²) in [5.74, 6) is 4.72. The molecule has 0 aliphatic carbocycles. The molecule has 0 aromatic heterocycles. The lowest BCUT2D eigenvalue weighted by molar-refractivity contribution is -0.121. The Hall–Kier alpha value is -1.90. The number of nitrogens with one attached hydrogen (secondary N) is 1. The summed E-state index contributed by atoms with van der Waals surface area (Å²) in [5, 5.41) is 11.2. The molecule has 0 fully saturated rings. The Kier molecular flexibility index (Phi) is 6.71. The van der Waals surface area contributed by atoms with Crippen molar-refractivity contribution in [3.8, 4) is 11.8 Å². The Morgan fingerprint density at radius 3 is 2.80 bits per heavy atom. The molecule has 0 saturated carbocycles. The van der Waals surface area contributed by atoms with Gasteiger partial charge in [-0.2, -0.15) is 0 Å². The third-order valence-corrected chi connectivity index (χ3v) is 2.77. The van der Waals surface area contributed by atoms with Crippen LogP contribution in [0.4, 0.5) is 4.39 Å². The molecule has 0 saturated heterocycles. The SMILES string of the molecule is CCN(CC(=O)NC)Cc1cc(F)cc(C#CCO)c1. The number of aliphatic hydroxyl groups excluding tert-OH is 1. The van der Waals surface area contributed by atoms with Crippen molar-refractivity contribution in [3.05, 3.63) is 35.1 Å². The number of halogens is 1. The van der Waals surface area contributed by atoms with E-state index in [1.807, 2.05) is 11.8 Å². The fourth-order valence-electron chi connectivity index (χ4n) is 1.78. The number of aliphatic hydroxyl groups is 1. The van der Waals surface area contributed by atoms with Crippen molar-refractivity contribution in [2.45, 2.75) is 13.5 Å². The third-order valence-electron chi connectivity index (χ3n) is 2.77. The molecule has 1 amide bonds. The van der Waals surface area contributed by atoms with Crippen LogP contribution < -0.4 is 5.32 Å². The van der Waals surface area contributed by atoms with E-state index in [0.29, 0.717) is 18.7 Å². The second-order valence-corrected chi connectivity index (χ2v) is 4.28. The molecule has 0 heterocycles.